The Kier molecular flexibility index (Phi) is 5.08. The molecule has 1 aromatic carbocycles. The Bertz CT molecular complexity index is 753. The number of hydrogen-bond donors (Lipinski definition) is 7. The molecule has 7 N–H and O–H groups in total. The second-order valence-corrected chi connectivity index (χ2v) is 6.38. The summed E-state index contributed by atoms with van der Waals surface area (Å²) in [5.74, 6) is -2.41. The standard InChI is InChI=1S/C16H19NO10/c18-5-8-11(21)12(22)13(23)14(27-8)26-7-3-1-2-6-10(7)17-15(24)16(6,25)4-9(19)20/h1-3,8,11-14,18,21-23,25H,4-5H2,(H,17,24)(H,19,20)/t8-,11-,12+,13-,14-,16-/m1/s1. The summed E-state index contributed by atoms with van der Waals surface area (Å²) in [5, 5.41) is 60.6. The zero-order chi connectivity index (χ0) is 19.9. The molecule has 0 radical (unpaired) electrons. The molecule has 0 aromatic heterocycles. The van der Waals surface area contributed by atoms with Gasteiger partial charge in [0.25, 0.3) is 5.91 Å². The maximum absolute atomic E-state index is 12.1. The molecule has 0 spiro atoms. The van der Waals surface area contributed by atoms with Gasteiger partial charge in [-0.3, -0.25) is 9.59 Å². The quantitative estimate of drug-likeness (QED) is 0.285. The third kappa shape index (κ3) is 3.25. The lowest BCUT2D eigenvalue weighted by molar-refractivity contribution is -0.277. The summed E-state index contributed by atoms with van der Waals surface area (Å²) < 4.78 is 10.7. The number of carbonyl (C=O) groups excluding carboxylic acids is 1. The van der Waals surface area contributed by atoms with Crippen molar-refractivity contribution in [2.45, 2.75) is 42.7 Å². The molecule has 2 aliphatic rings. The van der Waals surface area contributed by atoms with Crippen LogP contribution in [0.3, 0.4) is 0 Å². The van der Waals surface area contributed by atoms with E-state index in [0.29, 0.717) is 0 Å². The zero-order valence-corrected chi connectivity index (χ0v) is 13.8. The van der Waals surface area contributed by atoms with E-state index in [-0.39, 0.29) is 17.0 Å². The SMILES string of the molecule is O=C(O)C[C@]1(O)C(=O)Nc2c(O[C@@H]3O[C@H](CO)[C@@H](O)[C@H](O)[C@H]3O)cccc21. The molecule has 148 valence electrons. The molecule has 1 amide bonds. The topological polar surface area (TPSA) is 186 Å². The number of ether oxygens (including phenoxy) is 2. The molecule has 0 unspecified atom stereocenters. The fourth-order valence-corrected chi connectivity index (χ4v) is 3.13. The molecule has 0 saturated carbocycles. The van der Waals surface area contributed by atoms with Gasteiger partial charge in [-0.05, 0) is 6.07 Å². The molecule has 6 atom stereocenters. The highest BCUT2D eigenvalue weighted by molar-refractivity contribution is 6.07. The second-order valence-electron chi connectivity index (χ2n) is 6.38. The first-order valence-electron chi connectivity index (χ1n) is 8.05. The van der Waals surface area contributed by atoms with Gasteiger partial charge in [0.2, 0.25) is 6.29 Å². The number of aliphatic carboxylic acids is 1. The van der Waals surface area contributed by atoms with Crippen LogP contribution in [-0.2, 0) is 19.9 Å². The average Bonchev–Trinajstić information content (AvgIpc) is 2.86. The molecule has 1 fully saturated rings. The Morgan fingerprint density at radius 2 is 1.93 bits per heavy atom. The second kappa shape index (κ2) is 7.03. The molecule has 1 saturated heterocycles. The lowest BCUT2D eigenvalue weighted by Crippen LogP contribution is -2.60. The van der Waals surface area contributed by atoms with Crippen molar-refractivity contribution < 1.29 is 49.7 Å². The Balaban J connectivity index is 1.90. The van der Waals surface area contributed by atoms with Crippen molar-refractivity contribution in [3.63, 3.8) is 0 Å². The number of anilines is 1. The number of hydrogen-bond acceptors (Lipinski definition) is 9. The van der Waals surface area contributed by atoms with E-state index in [2.05, 4.69) is 5.32 Å². The van der Waals surface area contributed by atoms with Crippen LogP contribution in [0.25, 0.3) is 0 Å². The van der Waals surface area contributed by atoms with E-state index in [1.165, 1.54) is 18.2 Å². The highest BCUT2D eigenvalue weighted by atomic mass is 16.7. The highest BCUT2D eigenvalue weighted by Crippen LogP contribution is 2.44. The number of benzene rings is 1. The van der Waals surface area contributed by atoms with E-state index < -0.39 is 61.2 Å². The molecular formula is C16H19NO10. The van der Waals surface area contributed by atoms with Gasteiger partial charge in [-0.15, -0.1) is 0 Å². The van der Waals surface area contributed by atoms with Crippen molar-refractivity contribution in [1.82, 2.24) is 0 Å². The third-order valence-electron chi connectivity index (χ3n) is 4.58. The van der Waals surface area contributed by atoms with Gasteiger partial charge in [0.15, 0.2) is 5.60 Å². The maximum Gasteiger partial charge on any atom is 0.307 e. The highest BCUT2D eigenvalue weighted by Gasteiger charge is 2.49. The summed E-state index contributed by atoms with van der Waals surface area (Å²) in [5.41, 5.74) is -2.34. The van der Waals surface area contributed by atoms with E-state index >= 15 is 0 Å². The fraction of sp³-hybridized carbons (Fsp3) is 0.500. The van der Waals surface area contributed by atoms with Crippen molar-refractivity contribution >= 4 is 17.6 Å². The minimum atomic E-state index is -2.30. The van der Waals surface area contributed by atoms with Gasteiger partial charge in [-0.1, -0.05) is 12.1 Å². The van der Waals surface area contributed by atoms with Gasteiger partial charge in [-0.2, -0.15) is 0 Å². The number of carboxylic acid groups (broad SMARTS) is 1. The summed E-state index contributed by atoms with van der Waals surface area (Å²) >= 11 is 0. The van der Waals surface area contributed by atoms with Crippen LogP contribution in [0.15, 0.2) is 18.2 Å². The summed E-state index contributed by atoms with van der Waals surface area (Å²) in [6.45, 7) is -0.646. The monoisotopic (exact) mass is 385 g/mol. The van der Waals surface area contributed by atoms with Crippen molar-refractivity contribution in [3.05, 3.63) is 23.8 Å². The number of fused-ring (bicyclic) bond motifs is 1. The first kappa shape index (κ1) is 19.5. The van der Waals surface area contributed by atoms with Gasteiger partial charge in [0.1, 0.15) is 30.2 Å². The molecule has 11 nitrogen and oxygen atoms in total. The first-order valence-corrected chi connectivity index (χ1v) is 8.05. The van der Waals surface area contributed by atoms with Gasteiger partial charge >= 0.3 is 5.97 Å². The van der Waals surface area contributed by atoms with E-state index in [1.807, 2.05) is 0 Å². The Hall–Kier alpha value is -2.28. The lowest BCUT2D eigenvalue weighted by atomic mass is 9.92. The van der Waals surface area contributed by atoms with E-state index in [9.17, 15) is 35.1 Å². The summed E-state index contributed by atoms with van der Waals surface area (Å²) in [4.78, 5) is 23.1. The number of carboxylic acids is 1. The fourth-order valence-electron chi connectivity index (χ4n) is 3.13. The van der Waals surface area contributed by atoms with Crippen LogP contribution in [0.4, 0.5) is 5.69 Å². The van der Waals surface area contributed by atoms with Crippen LogP contribution in [0.2, 0.25) is 0 Å². The van der Waals surface area contributed by atoms with Gasteiger partial charge in [0, 0.05) is 5.56 Å². The van der Waals surface area contributed by atoms with Crippen LogP contribution in [-0.4, -0.2) is 79.8 Å². The predicted octanol–water partition coefficient (Wildman–Crippen LogP) is -2.52. The molecule has 2 heterocycles. The van der Waals surface area contributed by atoms with E-state index in [4.69, 9.17) is 14.6 Å². The number of nitrogens with one attached hydrogen (secondary N) is 1. The molecule has 3 rings (SSSR count). The van der Waals surface area contributed by atoms with Crippen molar-refractivity contribution in [3.8, 4) is 5.75 Å². The van der Waals surface area contributed by atoms with Crippen molar-refractivity contribution in [1.29, 1.82) is 0 Å². The van der Waals surface area contributed by atoms with E-state index in [1.54, 1.807) is 0 Å². The minimum Gasteiger partial charge on any atom is -0.481 e. The lowest BCUT2D eigenvalue weighted by Gasteiger charge is -2.39. The molecular weight excluding hydrogens is 366 g/mol. The number of carbonyl (C=O) groups is 2. The first-order chi connectivity index (χ1) is 12.7. The van der Waals surface area contributed by atoms with Crippen molar-refractivity contribution in [2.75, 3.05) is 11.9 Å². The molecule has 0 bridgehead atoms. The number of para-hydroxylation sites is 1. The number of aliphatic hydroxyl groups excluding tert-OH is 4. The predicted molar refractivity (Wildman–Crippen MR) is 85.6 cm³/mol. The number of amides is 1. The Morgan fingerprint density at radius 3 is 2.56 bits per heavy atom. The normalized spacial score (nSPS) is 35.4. The zero-order valence-electron chi connectivity index (χ0n) is 13.8. The van der Waals surface area contributed by atoms with E-state index in [0.717, 1.165) is 0 Å². The maximum atomic E-state index is 12.1. The van der Waals surface area contributed by atoms with Gasteiger partial charge < -0.3 is 45.4 Å². The summed E-state index contributed by atoms with van der Waals surface area (Å²) in [7, 11) is 0. The largest absolute Gasteiger partial charge is 0.481 e. The molecule has 27 heavy (non-hydrogen) atoms. The summed E-state index contributed by atoms with van der Waals surface area (Å²) in [6.07, 6.45) is -8.45. The van der Waals surface area contributed by atoms with Crippen LogP contribution < -0.4 is 10.1 Å². The van der Waals surface area contributed by atoms with Crippen LogP contribution in [0.1, 0.15) is 12.0 Å². The molecule has 1 aromatic rings. The molecule has 11 heteroatoms. The third-order valence-corrected chi connectivity index (χ3v) is 4.58. The van der Waals surface area contributed by atoms with Crippen LogP contribution in [0, 0.1) is 0 Å². The number of rotatable bonds is 5. The van der Waals surface area contributed by atoms with Crippen molar-refractivity contribution in [2.24, 2.45) is 0 Å². The number of aliphatic hydroxyl groups is 5. The Labute approximate surface area is 152 Å². The molecule has 2 aliphatic heterocycles. The average molecular weight is 385 g/mol. The molecule has 0 aliphatic carbocycles. The van der Waals surface area contributed by atoms with Gasteiger partial charge in [0.05, 0.1) is 18.7 Å². The van der Waals surface area contributed by atoms with Gasteiger partial charge in [-0.25, -0.2) is 0 Å². The van der Waals surface area contributed by atoms with Crippen LogP contribution in [0.5, 0.6) is 5.75 Å². The minimum absolute atomic E-state index is 0.0109. The Morgan fingerprint density at radius 1 is 1.22 bits per heavy atom. The summed E-state index contributed by atoms with van der Waals surface area (Å²) in [6, 6.07) is 4.11. The smallest absolute Gasteiger partial charge is 0.307 e. The van der Waals surface area contributed by atoms with Crippen LogP contribution >= 0.6 is 0 Å².